The van der Waals surface area contributed by atoms with E-state index in [1.165, 1.54) is 0 Å². The zero-order valence-electron chi connectivity index (χ0n) is 9.96. The van der Waals surface area contributed by atoms with E-state index in [9.17, 15) is 13.2 Å². The summed E-state index contributed by atoms with van der Waals surface area (Å²) in [5.41, 5.74) is 2.01. The average molecular weight is 257 g/mol. The Morgan fingerprint density at radius 3 is 2.39 bits per heavy atom. The van der Waals surface area contributed by atoms with Crippen molar-refractivity contribution in [3.8, 4) is 0 Å². The molecule has 0 radical (unpaired) electrons. The van der Waals surface area contributed by atoms with Gasteiger partial charge in [0.15, 0.2) is 0 Å². The van der Waals surface area contributed by atoms with Crippen molar-refractivity contribution in [2.45, 2.75) is 19.6 Å². The van der Waals surface area contributed by atoms with Gasteiger partial charge in [-0.25, -0.2) is 9.98 Å². The molecule has 0 bridgehead atoms. The minimum atomic E-state index is -4.30. The molecule has 0 unspecified atom stereocenters. The Morgan fingerprint density at radius 1 is 1.28 bits per heavy atom. The van der Waals surface area contributed by atoms with Crippen LogP contribution in [0.4, 0.5) is 13.2 Å². The first-order chi connectivity index (χ1) is 8.40. The lowest BCUT2D eigenvalue weighted by Gasteiger charge is -2.08. The summed E-state index contributed by atoms with van der Waals surface area (Å²) in [6.07, 6.45) is -4.30. The maximum absolute atomic E-state index is 12.0. The summed E-state index contributed by atoms with van der Waals surface area (Å²) in [4.78, 5) is 7.33. The molecule has 0 spiro atoms. The van der Waals surface area contributed by atoms with Crippen LogP contribution in [0.15, 0.2) is 34.3 Å². The predicted molar refractivity (Wildman–Crippen MR) is 65.9 cm³/mol. The normalized spacial score (nSPS) is 12.3. The number of hydrogen-bond donors (Lipinski definition) is 1. The molecule has 6 heteroatoms. The highest BCUT2D eigenvalue weighted by Crippen LogP contribution is 2.12. The molecule has 0 fully saturated rings. The summed E-state index contributed by atoms with van der Waals surface area (Å²) in [6.45, 7) is 4.23. The lowest BCUT2D eigenvalue weighted by atomic mass is 10.1. The monoisotopic (exact) mass is 257 g/mol. The molecule has 1 aromatic rings. The van der Waals surface area contributed by atoms with Crippen molar-refractivity contribution in [2.75, 3.05) is 6.54 Å². The molecule has 18 heavy (non-hydrogen) atoms. The Kier molecular flexibility index (Phi) is 4.88. The number of aliphatic imine (C=N–C) groups is 2. The number of guanidine groups is 1. The minimum absolute atomic E-state index is 0.104. The van der Waals surface area contributed by atoms with Crippen LogP contribution in [0.1, 0.15) is 11.1 Å². The van der Waals surface area contributed by atoms with Crippen molar-refractivity contribution in [2.24, 2.45) is 9.98 Å². The summed E-state index contributed by atoms with van der Waals surface area (Å²) in [6, 6.07) is 7.55. The van der Waals surface area contributed by atoms with Gasteiger partial charge in [0.2, 0.25) is 5.96 Å². The van der Waals surface area contributed by atoms with Crippen LogP contribution in [0.2, 0.25) is 0 Å². The molecule has 0 amide bonds. The first kappa shape index (κ1) is 14.2. The van der Waals surface area contributed by atoms with Crippen LogP contribution in [-0.2, 0) is 6.54 Å². The van der Waals surface area contributed by atoms with E-state index in [0.29, 0.717) is 0 Å². The minimum Gasteiger partial charge on any atom is -0.345 e. The van der Waals surface area contributed by atoms with Gasteiger partial charge in [-0.05, 0) is 19.2 Å². The van der Waals surface area contributed by atoms with Crippen LogP contribution in [-0.4, -0.2) is 25.4 Å². The fraction of sp³-hybridized carbons (Fsp3) is 0.333. The van der Waals surface area contributed by atoms with Gasteiger partial charge in [0, 0.05) is 0 Å². The molecule has 0 heterocycles. The molecule has 0 saturated heterocycles. The summed E-state index contributed by atoms with van der Waals surface area (Å²) in [5.74, 6) is -0.104. The van der Waals surface area contributed by atoms with Gasteiger partial charge in [-0.15, -0.1) is 0 Å². The molecule has 1 aromatic carbocycles. The van der Waals surface area contributed by atoms with Crippen LogP contribution in [0.25, 0.3) is 0 Å². The lowest BCUT2D eigenvalue weighted by molar-refractivity contribution is -0.122. The summed E-state index contributed by atoms with van der Waals surface area (Å²) in [7, 11) is 0. The maximum atomic E-state index is 12.0. The Balaban J connectivity index is 2.57. The van der Waals surface area contributed by atoms with Crippen molar-refractivity contribution >= 4 is 12.7 Å². The van der Waals surface area contributed by atoms with Gasteiger partial charge in [-0.2, -0.15) is 13.2 Å². The molecule has 98 valence electrons. The quantitative estimate of drug-likeness (QED) is 0.656. The number of benzene rings is 1. The molecule has 0 aliphatic heterocycles. The summed E-state index contributed by atoms with van der Waals surface area (Å²) >= 11 is 0. The number of hydrogen-bond acceptors (Lipinski definition) is 1. The highest BCUT2D eigenvalue weighted by Gasteiger charge is 2.27. The van der Waals surface area contributed by atoms with Gasteiger partial charge in [0.1, 0.15) is 6.54 Å². The second-order valence-corrected chi connectivity index (χ2v) is 3.75. The second-order valence-electron chi connectivity index (χ2n) is 3.75. The Labute approximate surface area is 103 Å². The SMILES string of the molecule is C=NC(=NCc1ccc(C)cc1)NCC(F)(F)F. The van der Waals surface area contributed by atoms with Crippen LogP contribution >= 0.6 is 0 Å². The molecule has 3 nitrogen and oxygen atoms in total. The number of nitrogens with zero attached hydrogens (tertiary/aromatic N) is 2. The molecular formula is C12H14F3N3. The van der Waals surface area contributed by atoms with E-state index < -0.39 is 12.7 Å². The van der Waals surface area contributed by atoms with Crippen LogP contribution in [0.3, 0.4) is 0 Å². The van der Waals surface area contributed by atoms with E-state index in [-0.39, 0.29) is 12.5 Å². The Morgan fingerprint density at radius 2 is 1.89 bits per heavy atom. The lowest BCUT2D eigenvalue weighted by Crippen LogP contribution is -2.32. The van der Waals surface area contributed by atoms with Crippen molar-refractivity contribution in [3.05, 3.63) is 35.4 Å². The van der Waals surface area contributed by atoms with E-state index in [1.54, 1.807) is 0 Å². The first-order valence-electron chi connectivity index (χ1n) is 5.28. The van der Waals surface area contributed by atoms with Crippen LogP contribution < -0.4 is 5.32 Å². The fourth-order valence-electron chi connectivity index (χ4n) is 1.20. The van der Waals surface area contributed by atoms with Gasteiger partial charge in [0.25, 0.3) is 0 Å². The molecule has 1 rings (SSSR count). The van der Waals surface area contributed by atoms with E-state index in [0.717, 1.165) is 11.1 Å². The zero-order valence-corrected chi connectivity index (χ0v) is 9.96. The molecular weight excluding hydrogens is 243 g/mol. The van der Waals surface area contributed by atoms with Crippen LogP contribution in [0.5, 0.6) is 0 Å². The van der Waals surface area contributed by atoms with Gasteiger partial charge >= 0.3 is 6.18 Å². The van der Waals surface area contributed by atoms with Gasteiger partial charge in [-0.3, -0.25) is 0 Å². The molecule has 0 aromatic heterocycles. The molecule has 0 aliphatic carbocycles. The van der Waals surface area contributed by atoms with Crippen molar-refractivity contribution in [3.63, 3.8) is 0 Å². The molecule has 0 saturated carbocycles. The van der Waals surface area contributed by atoms with Gasteiger partial charge in [0.05, 0.1) is 6.54 Å². The summed E-state index contributed by atoms with van der Waals surface area (Å²) in [5, 5.41) is 2.09. The topological polar surface area (TPSA) is 36.8 Å². The van der Waals surface area contributed by atoms with E-state index >= 15 is 0 Å². The first-order valence-corrected chi connectivity index (χ1v) is 5.28. The Bertz CT molecular complexity index is 421. The van der Waals surface area contributed by atoms with E-state index in [1.807, 2.05) is 31.2 Å². The molecule has 0 atom stereocenters. The fourth-order valence-corrected chi connectivity index (χ4v) is 1.20. The van der Waals surface area contributed by atoms with Crippen molar-refractivity contribution in [1.82, 2.24) is 5.32 Å². The third-order valence-corrected chi connectivity index (χ3v) is 2.13. The van der Waals surface area contributed by atoms with Crippen LogP contribution in [0, 0.1) is 6.92 Å². The maximum Gasteiger partial charge on any atom is 0.405 e. The van der Waals surface area contributed by atoms with Crippen molar-refractivity contribution in [1.29, 1.82) is 0 Å². The smallest absolute Gasteiger partial charge is 0.345 e. The standard InChI is InChI=1S/C12H14F3N3/c1-9-3-5-10(6-4-9)7-17-11(16-2)18-8-12(13,14)15/h3-6H,2,7-8H2,1H3,(H,17,18). The van der Waals surface area contributed by atoms with Gasteiger partial charge < -0.3 is 5.32 Å². The molecule has 0 aliphatic rings. The number of aryl methyl sites for hydroxylation is 1. The predicted octanol–water partition coefficient (Wildman–Crippen LogP) is 2.70. The average Bonchev–Trinajstić information content (AvgIpc) is 2.30. The third-order valence-electron chi connectivity index (χ3n) is 2.13. The van der Waals surface area contributed by atoms with Crippen molar-refractivity contribution < 1.29 is 13.2 Å². The zero-order chi connectivity index (χ0) is 13.6. The van der Waals surface area contributed by atoms with E-state index in [2.05, 4.69) is 22.0 Å². The number of rotatable bonds is 3. The number of alkyl halides is 3. The summed E-state index contributed by atoms with van der Waals surface area (Å²) < 4.78 is 35.9. The Hall–Kier alpha value is -1.85. The number of nitrogens with one attached hydrogen (secondary N) is 1. The second kappa shape index (κ2) is 6.18. The highest BCUT2D eigenvalue weighted by molar-refractivity contribution is 5.84. The number of halogens is 3. The molecule has 1 N–H and O–H groups in total. The third kappa shape index (κ3) is 5.47. The largest absolute Gasteiger partial charge is 0.405 e. The highest BCUT2D eigenvalue weighted by atomic mass is 19.4. The van der Waals surface area contributed by atoms with E-state index in [4.69, 9.17) is 0 Å². The van der Waals surface area contributed by atoms with Gasteiger partial charge in [-0.1, -0.05) is 29.8 Å².